The largest absolute Gasteiger partial charge is 0.478 e. The maximum atomic E-state index is 11.1. The molecular formula is C13H13NO3. The second-order valence-electron chi connectivity index (χ2n) is 3.71. The van der Waals surface area contributed by atoms with Crippen LogP contribution in [0.4, 0.5) is 0 Å². The van der Waals surface area contributed by atoms with Gasteiger partial charge in [0.05, 0.1) is 17.5 Å². The lowest BCUT2D eigenvalue weighted by Gasteiger charge is -2.06. The van der Waals surface area contributed by atoms with Crippen molar-refractivity contribution in [3.05, 3.63) is 48.4 Å². The van der Waals surface area contributed by atoms with Gasteiger partial charge in [-0.05, 0) is 25.1 Å². The molecule has 0 saturated carbocycles. The number of rotatable bonds is 4. The maximum absolute atomic E-state index is 11.1. The van der Waals surface area contributed by atoms with Crippen LogP contribution in [0.1, 0.15) is 16.1 Å². The van der Waals surface area contributed by atoms with Gasteiger partial charge in [0.25, 0.3) is 0 Å². The molecule has 4 heteroatoms. The van der Waals surface area contributed by atoms with Crippen LogP contribution in [-0.4, -0.2) is 15.6 Å². The average molecular weight is 231 g/mol. The normalized spacial score (nSPS) is 10.4. The highest BCUT2D eigenvalue weighted by atomic mass is 16.4. The summed E-state index contributed by atoms with van der Waals surface area (Å²) < 4.78 is 7.18. The molecule has 0 aliphatic rings. The second kappa shape index (κ2) is 4.33. The van der Waals surface area contributed by atoms with Crippen molar-refractivity contribution in [3.63, 3.8) is 0 Å². The number of carbonyl (C=O) groups is 1. The molecule has 0 spiro atoms. The number of furan rings is 1. The fourth-order valence-electron chi connectivity index (χ4n) is 1.85. The lowest BCUT2D eigenvalue weighted by Crippen LogP contribution is -2.03. The summed E-state index contributed by atoms with van der Waals surface area (Å²) in [6, 6.07) is 5.20. The first-order valence-corrected chi connectivity index (χ1v) is 5.23. The van der Waals surface area contributed by atoms with Crippen LogP contribution in [0.2, 0.25) is 0 Å². The van der Waals surface area contributed by atoms with Crippen molar-refractivity contribution in [2.75, 3.05) is 0 Å². The first-order chi connectivity index (χ1) is 8.15. The number of allylic oxidation sites excluding steroid dienone is 1. The lowest BCUT2D eigenvalue weighted by atomic mass is 10.2. The number of aromatic carboxylic acids is 1. The third kappa shape index (κ3) is 1.89. The Morgan fingerprint density at radius 3 is 2.94 bits per heavy atom. The molecule has 0 fully saturated rings. The van der Waals surface area contributed by atoms with Crippen molar-refractivity contribution in [1.82, 2.24) is 4.57 Å². The van der Waals surface area contributed by atoms with Crippen molar-refractivity contribution in [2.45, 2.75) is 13.5 Å². The van der Waals surface area contributed by atoms with Crippen molar-refractivity contribution >= 4 is 5.97 Å². The van der Waals surface area contributed by atoms with Crippen molar-refractivity contribution in [3.8, 4) is 11.5 Å². The minimum absolute atomic E-state index is 0.290. The van der Waals surface area contributed by atoms with Crippen LogP contribution < -0.4 is 0 Å². The van der Waals surface area contributed by atoms with E-state index < -0.39 is 5.97 Å². The molecule has 0 radical (unpaired) electrons. The van der Waals surface area contributed by atoms with Gasteiger partial charge in [0.1, 0.15) is 5.76 Å². The predicted molar refractivity (Wildman–Crippen MR) is 64.0 cm³/mol. The number of hydrogen-bond acceptors (Lipinski definition) is 2. The fourth-order valence-corrected chi connectivity index (χ4v) is 1.85. The highest BCUT2D eigenvalue weighted by Crippen LogP contribution is 2.26. The van der Waals surface area contributed by atoms with Crippen molar-refractivity contribution in [2.24, 2.45) is 0 Å². The van der Waals surface area contributed by atoms with E-state index >= 15 is 0 Å². The van der Waals surface area contributed by atoms with E-state index in [4.69, 9.17) is 9.52 Å². The standard InChI is InChI=1S/C13H13NO3/c1-3-6-14-9(2)10(13(15)16)8-11(14)12-5-4-7-17-12/h3-5,7-8H,1,6H2,2H3,(H,15,16). The SMILES string of the molecule is C=CCn1c(-c2ccco2)cc(C(=O)O)c1C. The highest BCUT2D eigenvalue weighted by Gasteiger charge is 2.18. The molecule has 2 heterocycles. The summed E-state index contributed by atoms with van der Waals surface area (Å²) in [4.78, 5) is 11.1. The van der Waals surface area contributed by atoms with Gasteiger partial charge in [-0.15, -0.1) is 6.58 Å². The zero-order valence-corrected chi connectivity index (χ0v) is 9.51. The smallest absolute Gasteiger partial charge is 0.337 e. The third-order valence-electron chi connectivity index (χ3n) is 2.68. The van der Waals surface area contributed by atoms with Crippen LogP contribution in [0.3, 0.4) is 0 Å². The minimum Gasteiger partial charge on any atom is -0.478 e. The molecule has 0 bridgehead atoms. The Kier molecular flexibility index (Phi) is 2.87. The van der Waals surface area contributed by atoms with Crippen LogP contribution in [-0.2, 0) is 6.54 Å². The Bertz CT molecular complexity index is 549. The van der Waals surface area contributed by atoms with Gasteiger partial charge in [-0.3, -0.25) is 0 Å². The second-order valence-corrected chi connectivity index (χ2v) is 3.71. The zero-order chi connectivity index (χ0) is 12.4. The van der Waals surface area contributed by atoms with E-state index in [-0.39, 0.29) is 0 Å². The summed E-state index contributed by atoms with van der Waals surface area (Å²) in [6.45, 7) is 6.00. The molecule has 88 valence electrons. The molecule has 0 unspecified atom stereocenters. The monoisotopic (exact) mass is 231 g/mol. The topological polar surface area (TPSA) is 55.4 Å². The number of hydrogen-bond donors (Lipinski definition) is 1. The van der Waals surface area contributed by atoms with Crippen LogP contribution in [0.5, 0.6) is 0 Å². The minimum atomic E-state index is -0.932. The van der Waals surface area contributed by atoms with Gasteiger partial charge in [-0.1, -0.05) is 6.08 Å². The lowest BCUT2D eigenvalue weighted by molar-refractivity contribution is 0.0696. The van der Waals surface area contributed by atoms with Crippen molar-refractivity contribution < 1.29 is 14.3 Å². The first kappa shape index (κ1) is 11.3. The summed E-state index contributed by atoms with van der Waals surface area (Å²) in [7, 11) is 0. The molecule has 4 nitrogen and oxygen atoms in total. The van der Waals surface area contributed by atoms with E-state index in [1.165, 1.54) is 0 Å². The van der Waals surface area contributed by atoms with E-state index in [0.29, 0.717) is 23.6 Å². The number of carboxylic acid groups (broad SMARTS) is 1. The summed E-state index contributed by atoms with van der Waals surface area (Å²) in [5.41, 5.74) is 1.74. The van der Waals surface area contributed by atoms with Crippen molar-refractivity contribution in [1.29, 1.82) is 0 Å². The summed E-state index contributed by atoms with van der Waals surface area (Å²) in [5, 5.41) is 9.10. The quantitative estimate of drug-likeness (QED) is 0.823. The average Bonchev–Trinajstić information content (AvgIpc) is 2.88. The van der Waals surface area contributed by atoms with Gasteiger partial charge >= 0.3 is 5.97 Å². The molecule has 17 heavy (non-hydrogen) atoms. The molecule has 2 aromatic heterocycles. The van der Waals surface area contributed by atoms with Gasteiger partial charge in [0, 0.05) is 12.2 Å². The molecule has 0 atom stereocenters. The van der Waals surface area contributed by atoms with E-state index in [9.17, 15) is 4.79 Å². The van der Waals surface area contributed by atoms with Gasteiger partial charge in [0.15, 0.2) is 0 Å². The van der Waals surface area contributed by atoms with E-state index in [1.807, 2.05) is 4.57 Å². The zero-order valence-electron chi connectivity index (χ0n) is 9.51. The Balaban J connectivity index is 2.61. The molecular weight excluding hydrogens is 218 g/mol. The molecule has 0 amide bonds. The molecule has 1 N–H and O–H groups in total. The van der Waals surface area contributed by atoms with Crippen LogP contribution in [0, 0.1) is 6.92 Å². The number of nitrogens with zero attached hydrogens (tertiary/aromatic N) is 1. The highest BCUT2D eigenvalue weighted by molar-refractivity contribution is 5.90. The van der Waals surface area contributed by atoms with E-state index in [2.05, 4.69) is 6.58 Å². The summed E-state index contributed by atoms with van der Waals surface area (Å²) in [5.74, 6) is -0.277. The third-order valence-corrected chi connectivity index (χ3v) is 2.68. The Morgan fingerprint density at radius 2 is 2.41 bits per heavy atom. The molecule has 2 aromatic rings. The van der Waals surface area contributed by atoms with Crippen LogP contribution >= 0.6 is 0 Å². The Hall–Kier alpha value is -2.23. The Labute approximate surface area is 98.8 Å². The summed E-state index contributed by atoms with van der Waals surface area (Å²) in [6.07, 6.45) is 3.29. The van der Waals surface area contributed by atoms with Gasteiger partial charge in [0.2, 0.25) is 0 Å². The molecule has 0 aromatic carbocycles. The van der Waals surface area contributed by atoms with Crippen LogP contribution in [0.25, 0.3) is 11.5 Å². The Morgan fingerprint density at radius 1 is 1.65 bits per heavy atom. The van der Waals surface area contributed by atoms with E-state index in [0.717, 1.165) is 5.69 Å². The number of carboxylic acids is 1. The molecule has 2 rings (SSSR count). The van der Waals surface area contributed by atoms with E-state index in [1.54, 1.807) is 37.5 Å². The molecule has 0 aliphatic carbocycles. The van der Waals surface area contributed by atoms with Gasteiger partial charge in [-0.25, -0.2) is 4.79 Å². The maximum Gasteiger partial charge on any atom is 0.337 e. The van der Waals surface area contributed by atoms with Crippen LogP contribution in [0.15, 0.2) is 41.5 Å². The fraction of sp³-hybridized carbons (Fsp3) is 0.154. The van der Waals surface area contributed by atoms with Gasteiger partial charge < -0.3 is 14.1 Å². The first-order valence-electron chi connectivity index (χ1n) is 5.23. The molecule has 0 aliphatic heterocycles. The summed E-state index contributed by atoms with van der Waals surface area (Å²) >= 11 is 0. The number of aromatic nitrogens is 1. The van der Waals surface area contributed by atoms with Gasteiger partial charge in [-0.2, -0.15) is 0 Å². The predicted octanol–water partition coefficient (Wildman–Crippen LogP) is 2.94. The molecule has 0 saturated heterocycles.